The van der Waals surface area contributed by atoms with Crippen molar-refractivity contribution >= 4 is 5.91 Å². The van der Waals surface area contributed by atoms with E-state index in [1.165, 1.54) is 18.3 Å². The fourth-order valence-corrected chi connectivity index (χ4v) is 2.66. The molecule has 0 saturated carbocycles. The van der Waals surface area contributed by atoms with Gasteiger partial charge in [-0.2, -0.15) is 13.2 Å². The van der Waals surface area contributed by atoms with Crippen LogP contribution in [0, 0.1) is 11.6 Å². The number of alkyl halides is 3. The number of rotatable bonds is 5. The number of nitrogens with zero attached hydrogens (tertiary/aromatic N) is 2. The van der Waals surface area contributed by atoms with E-state index in [0.29, 0.717) is 5.56 Å². The Kier molecular flexibility index (Phi) is 6.06. The van der Waals surface area contributed by atoms with Gasteiger partial charge in [0.15, 0.2) is 6.10 Å². The molecule has 2 N–H and O–H groups in total. The van der Waals surface area contributed by atoms with Crippen LogP contribution in [0.5, 0.6) is 0 Å². The Morgan fingerprint density at radius 3 is 2.43 bits per heavy atom. The molecule has 1 aromatic carbocycles. The molecule has 30 heavy (non-hydrogen) atoms. The predicted molar refractivity (Wildman–Crippen MR) is 96.0 cm³/mol. The molecule has 2 heterocycles. The number of hydrogen-bond donors (Lipinski definition) is 2. The highest BCUT2D eigenvalue weighted by molar-refractivity contribution is 5.95. The Balaban J connectivity index is 1.94. The van der Waals surface area contributed by atoms with Gasteiger partial charge in [0, 0.05) is 23.9 Å². The van der Waals surface area contributed by atoms with E-state index in [0.717, 1.165) is 36.7 Å². The van der Waals surface area contributed by atoms with E-state index < -0.39 is 35.4 Å². The third kappa shape index (κ3) is 5.15. The van der Waals surface area contributed by atoms with Crippen molar-refractivity contribution in [2.75, 3.05) is 0 Å². The molecule has 2 aromatic heterocycles. The number of halogens is 5. The summed E-state index contributed by atoms with van der Waals surface area (Å²) in [5, 5.41) is 12.1. The minimum atomic E-state index is -4.96. The molecule has 10 heteroatoms. The highest BCUT2D eigenvalue weighted by Crippen LogP contribution is 2.34. The first-order valence-corrected chi connectivity index (χ1v) is 8.53. The van der Waals surface area contributed by atoms with Gasteiger partial charge in [-0.3, -0.25) is 14.8 Å². The number of carbonyl (C=O) groups is 1. The van der Waals surface area contributed by atoms with Crippen molar-refractivity contribution in [1.29, 1.82) is 0 Å². The SMILES string of the molecule is O=C(NCc1cncc(F)c1)c1cc(-c2ccc(F)cn2)cc(C(O)C(F)(F)F)c1. The molecule has 3 rings (SSSR count). The standard InChI is InChI=1S/C20H14F5N3O2/c21-15-1-2-17(27-10-15)12-4-13(18(29)20(23,24)25)6-14(5-12)19(30)28-8-11-3-16(22)9-26-7-11/h1-7,9-10,18,29H,8H2,(H,28,30). The Hall–Kier alpha value is -3.40. The molecule has 3 aromatic rings. The Labute approximate surface area is 167 Å². The second-order valence-electron chi connectivity index (χ2n) is 6.34. The van der Waals surface area contributed by atoms with Crippen LogP contribution in [0.3, 0.4) is 0 Å². The monoisotopic (exact) mass is 423 g/mol. The number of nitrogens with one attached hydrogen (secondary N) is 1. The van der Waals surface area contributed by atoms with E-state index in [1.807, 2.05) is 0 Å². The van der Waals surface area contributed by atoms with Gasteiger partial charge in [0.1, 0.15) is 11.6 Å². The van der Waals surface area contributed by atoms with E-state index >= 15 is 0 Å². The molecule has 0 fully saturated rings. The molecular weight excluding hydrogens is 409 g/mol. The van der Waals surface area contributed by atoms with Crippen molar-refractivity contribution < 1.29 is 31.9 Å². The molecular formula is C20H14F5N3O2. The Bertz CT molecular complexity index is 1060. The lowest BCUT2D eigenvalue weighted by molar-refractivity contribution is -0.206. The van der Waals surface area contributed by atoms with E-state index in [-0.39, 0.29) is 23.4 Å². The summed E-state index contributed by atoms with van der Waals surface area (Å²) >= 11 is 0. The first kappa shape index (κ1) is 21.3. The molecule has 0 bridgehead atoms. The summed E-state index contributed by atoms with van der Waals surface area (Å²) in [7, 11) is 0. The first-order valence-electron chi connectivity index (χ1n) is 8.53. The molecule has 0 aliphatic heterocycles. The second kappa shape index (κ2) is 8.54. The second-order valence-corrected chi connectivity index (χ2v) is 6.34. The van der Waals surface area contributed by atoms with E-state index in [9.17, 15) is 31.9 Å². The zero-order chi connectivity index (χ0) is 21.9. The average Bonchev–Trinajstić information content (AvgIpc) is 2.71. The third-order valence-corrected chi connectivity index (χ3v) is 4.08. The number of pyridine rings is 2. The first-order chi connectivity index (χ1) is 14.1. The molecule has 156 valence electrons. The normalized spacial score (nSPS) is 12.5. The summed E-state index contributed by atoms with van der Waals surface area (Å²) in [6.45, 7) is -0.125. The topological polar surface area (TPSA) is 75.1 Å². The summed E-state index contributed by atoms with van der Waals surface area (Å²) < 4.78 is 65.3. The van der Waals surface area contributed by atoms with Crippen LogP contribution in [-0.2, 0) is 6.54 Å². The molecule has 0 radical (unpaired) electrons. The van der Waals surface area contributed by atoms with E-state index in [2.05, 4.69) is 15.3 Å². The van der Waals surface area contributed by atoms with Crippen LogP contribution in [-0.4, -0.2) is 27.2 Å². The van der Waals surface area contributed by atoms with Gasteiger partial charge in [-0.05, 0) is 47.5 Å². The lowest BCUT2D eigenvalue weighted by atomic mass is 9.99. The maximum atomic E-state index is 13.2. The van der Waals surface area contributed by atoms with Gasteiger partial charge >= 0.3 is 6.18 Å². The molecule has 5 nitrogen and oxygen atoms in total. The van der Waals surface area contributed by atoms with Crippen molar-refractivity contribution in [2.24, 2.45) is 0 Å². The summed E-state index contributed by atoms with van der Waals surface area (Å²) in [6.07, 6.45) is -4.62. The van der Waals surface area contributed by atoms with Crippen LogP contribution >= 0.6 is 0 Å². The minimum Gasteiger partial charge on any atom is -0.379 e. The number of aliphatic hydroxyl groups is 1. The summed E-state index contributed by atoms with van der Waals surface area (Å²) in [4.78, 5) is 19.9. The van der Waals surface area contributed by atoms with Gasteiger partial charge in [0.25, 0.3) is 5.91 Å². The van der Waals surface area contributed by atoms with E-state index in [1.54, 1.807) is 0 Å². The zero-order valence-electron chi connectivity index (χ0n) is 15.1. The van der Waals surface area contributed by atoms with Crippen molar-refractivity contribution in [3.63, 3.8) is 0 Å². The lowest BCUT2D eigenvalue weighted by Gasteiger charge is -2.17. The van der Waals surface area contributed by atoms with Crippen molar-refractivity contribution in [2.45, 2.75) is 18.8 Å². The van der Waals surface area contributed by atoms with Gasteiger partial charge in [-0.15, -0.1) is 0 Å². The number of carbonyl (C=O) groups excluding carboxylic acids is 1. The number of hydrogen-bond acceptors (Lipinski definition) is 4. The molecule has 1 unspecified atom stereocenters. The van der Waals surface area contributed by atoms with Crippen LogP contribution in [0.1, 0.15) is 27.6 Å². The van der Waals surface area contributed by atoms with Gasteiger partial charge in [0.05, 0.1) is 18.1 Å². The van der Waals surface area contributed by atoms with Crippen LogP contribution in [0.4, 0.5) is 22.0 Å². The predicted octanol–water partition coefficient (Wildman–Crippen LogP) is 3.95. The highest BCUT2D eigenvalue weighted by Gasteiger charge is 2.39. The lowest BCUT2D eigenvalue weighted by Crippen LogP contribution is -2.24. The Morgan fingerprint density at radius 1 is 1.03 bits per heavy atom. The summed E-state index contributed by atoms with van der Waals surface area (Å²) in [6, 6.07) is 6.60. The number of amides is 1. The number of aromatic nitrogens is 2. The van der Waals surface area contributed by atoms with Gasteiger partial charge in [-0.25, -0.2) is 8.78 Å². The van der Waals surface area contributed by atoms with Crippen LogP contribution in [0.25, 0.3) is 11.3 Å². The number of benzene rings is 1. The van der Waals surface area contributed by atoms with Gasteiger partial charge in [0.2, 0.25) is 0 Å². The van der Waals surface area contributed by atoms with Crippen LogP contribution in [0.2, 0.25) is 0 Å². The van der Waals surface area contributed by atoms with Gasteiger partial charge < -0.3 is 10.4 Å². The quantitative estimate of drug-likeness (QED) is 0.610. The Morgan fingerprint density at radius 2 is 1.80 bits per heavy atom. The van der Waals surface area contributed by atoms with Crippen molar-refractivity contribution in [3.05, 3.63) is 83.3 Å². The number of aliphatic hydroxyl groups excluding tert-OH is 1. The molecule has 0 aliphatic carbocycles. The largest absolute Gasteiger partial charge is 0.418 e. The van der Waals surface area contributed by atoms with E-state index in [4.69, 9.17) is 0 Å². The highest BCUT2D eigenvalue weighted by atomic mass is 19.4. The molecule has 0 saturated heterocycles. The molecule has 1 amide bonds. The maximum Gasteiger partial charge on any atom is 0.418 e. The fourth-order valence-electron chi connectivity index (χ4n) is 2.66. The zero-order valence-corrected chi connectivity index (χ0v) is 15.1. The van der Waals surface area contributed by atoms with Crippen LogP contribution in [0.15, 0.2) is 55.0 Å². The average molecular weight is 423 g/mol. The summed E-state index contributed by atoms with van der Waals surface area (Å²) in [5.41, 5.74) is -0.246. The third-order valence-electron chi connectivity index (χ3n) is 4.08. The molecule has 0 spiro atoms. The molecule has 1 atom stereocenters. The minimum absolute atomic E-state index is 0.0772. The van der Waals surface area contributed by atoms with Crippen molar-refractivity contribution in [3.8, 4) is 11.3 Å². The van der Waals surface area contributed by atoms with Gasteiger partial charge in [-0.1, -0.05) is 0 Å². The summed E-state index contributed by atoms with van der Waals surface area (Å²) in [5.74, 6) is -2.02. The maximum absolute atomic E-state index is 13.2. The van der Waals surface area contributed by atoms with Crippen LogP contribution < -0.4 is 5.32 Å². The van der Waals surface area contributed by atoms with Crippen molar-refractivity contribution in [1.82, 2.24) is 15.3 Å². The smallest absolute Gasteiger partial charge is 0.379 e. The molecule has 0 aliphatic rings. The fraction of sp³-hybridized carbons (Fsp3) is 0.150.